The molecule has 1 aliphatic rings. The van der Waals surface area contributed by atoms with Gasteiger partial charge < -0.3 is 10.1 Å². The number of carbonyl (C=O) groups is 1. The summed E-state index contributed by atoms with van der Waals surface area (Å²) in [5.74, 6) is 0.844. The quantitative estimate of drug-likeness (QED) is 0.280. The molecule has 1 fully saturated rings. The van der Waals surface area contributed by atoms with Gasteiger partial charge in [0.2, 0.25) is 0 Å². The van der Waals surface area contributed by atoms with Gasteiger partial charge in [-0.2, -0.15) is 0 Å². The third kappa shape index (κ3) is 7.69. The zero-order valence-electron chi connectivity index (χ0n) is 21.2. The maximum Gasteiger partial charge on any atom is 0.258 e. The fourth-order valence-electron chi connectivity index (χ4n) is 4.07. The second-order valence-electron chi connectivity index (χ2n) is 9.16. The molecule has 2 unspecified atom stereocenters. The summed E-state index contributed by atoms with van der Waals surface area (Å²) in [6.07, 6.45) is 3.33. The molecule has 0 aliphatic carbocycles. The average molecular weight is 573 g/mol. The van der Waals surface area contributed by atoms with Gasteiger partial charge in [0.1, 0.15) is 11.5 Å². The van der Waals surface area contributed by atoms with Gasteiger partial charge in [0.15, 0.2) is 5.67 Å². The number of piperidine rings is 1. The third-order valence-corrected chi connectivity index (χ3v) is 8.08. The van der Waals surface area contributed by atoms with E-state index in [-0.39, 0.29) is 12.8 Å². The van der Waals surface area contributed by atoms with Crippen LogP contribution in [0.3, 0.4) is 0 Å². The van der Waals surface area contributed by atoms with E-state index < -0.39 is 28.4 Å². The lowest BCUT2D eigenvalue weighted by atomic mass is 9.93. The Bertz CT molecular complexity index is 1310. The van der Waals surface area contributed by atoms with Gasteiger partial charge in [-0.05, 0) is 72.5 Å². The minimum atomic E-state index is -1.93. The highest BCUT2D eigenvalue weighted by Crippen LogP contribution is 2.39. The number of nitrogens with zero attached hydrogens (tertiary/aromatic N) is 1. The topological polar surface area (TPSA) is 58.6 Å². The van der Waals surface area contributed by atoms with E-state index in [1.165, 1.54) is 23.6 Å². The van der Waals surface area contributed by atoms with E-state index in [1.807, 2.05) is 72.8 Å². The number of ether oxygens (including phenoxy) is 1. The number of halogens is 2. The predicted molar refractivity (Wildman–Crippen MR) is 155 cm³/mol. The highest BCUT2D eigenvalue weighted by atomic mass is 35.5. The molecule has 200 valence electrons. The Morgan fingerprint density at radius 1 is 1.11 bits per heavy atom. The van der Waals surface area contributed by atoms with Crippen LogP contribution >= 0.6 is 23.5 Å². The number of para-hydroxylation sites is 1. The van der Waals surface area contributed by atoms with Crippen molar-refractivity contribution in [3.05, 3.63) is 89.3 Å². The Balaban J connectivity index is 1.43. The number of hydrogen-bond acceptors (Lipinski definition) is 5. The largest absolute Gasteiger partial charge is 0.457 e. The number of hydrogen-bond donors (Lipinski definition) is 1. The molecular weight excluding hydrogens is 543 g/mol. The molecule has 0 saturated carbocycles. The molecule has 9 heteroatoms. The summed E-state index contributed by atoms with van der Waals surface area (Å²) in [6.45, 7) is 2.56. The number of nitrogens with one attached hydrogen (secondary N) is 1. The molecule has 1 N–H and O–H groups in total. The molecule has 2 atom stereocenters. The number of amides is 1. The smallest absolute Gasteiger partial charge is 0.258 e. The summed E-state index contributed by atoms with van der Waals surface area (Å²) < 4.78 is 34.8. The first-order valence-electron chi connectivity index (χ1n) is 12.3. The summed E-state index contributed by atoms with van der Waals surface area (Å²) in [7, 11) is -1.12. The second-order valence-corrected chi connectivity index (χ2v) is 12.0. The molecule has 1 aliphatic heterocycles. The zero-order valence-corrected chi connectivity index (χ0v) is 23.6. The zero-order chi connectivity index (χ0) is 27.1. The molecule has 0 bridgehead atoms. The maximum absolute atomic E-state index is 15.5. The van der Waals surface area contributed by atoms with Crippen LogP contribution < -0.4 is 10.1 Å². The van der Waals surface area contributed by atoms with Crippen LogP contribution in [0.5, 0.6) is 11.5 Å². The van der Waals surface area contributed by atoms with Crippen molar-refractivity contribution >= 4 is 40.3 Å². The van der Waals surface area contributed by atoms with Gasteiger partial charge in [0.25, 0.3) is 5.91 Å². The Morgan fingerprint density at radius 2 is 1.82 bits per heavy atom. The first-order chi connectivity index (χ1) is 18.2. The summed E-state index contributed by atoms with van der Waals surface area (Å²) in [5, 5.41) is 4.79. The first-order valence-corrected chi connectivity index (χ1v) is 15.1. The number of rotatable bonds is 9. The van der Waals surface area contributed by atoms with Crippen LogP contribution in [0.2, 0.25) is 5.02 Å². The van der Waals surface area contributed by atoms with Crippen molar-refractivity contribution in [2.45, 2.75) is 36.4 Å². The Morgan fingerprint density at radius 3 is 2.53 bits per heavy atom. The number of alkyl halides is 1. The fourth-order valence-corrected chi connectivity index (χ4v) is 5.75. The monoisotopic (exact) mass is 572 g/mol. The van der Waals surface area contributed by atoms with Gasteiger partial charge in [-0.25, -0.2) is 8.70 Å². The van der Waals surface area contributed by atoms with Crippen molar-refractivity contribution < 1.29 is 18.1 Å². The van der Waals surface area contributed by atoms with Gasteiger partial charge in [0.05, 0.1) is 0 Å². The van der Waals surface area contributed by atoms with Crippen molar-refractivity contribution in [3.63, 3.8) is 0 Å². The van der Waals surface area contributed by atoms with Gasteiger partial charge in [0, 0.05) is 64.4 Å². The van der Waals surface area contributed by atoms with Crippen molar-refractivity contribution in [1.29, 1.82) is 0 Å². The molecule has 1 heterocycles. The molecule has 5 nitrogen and oxygen atoms in total. The minimum Gasteiger partial charge on any atom is -0.457 e. The molecular formula is C29H30ClFN2O3S2. The Labute approximate surface area is 235 Å². The van der Waals surface area contributed by atoms with Crippen LogP contribution in [0.1, 0.15) is 19.8 Å². The second kappa shape index (κ2) is 12.9. The van der Waals surface area contributed by atoms with Crippen LogP contribution in [-0.2, 0) is 15.6 Å². The lowest BCUT2D eigenvalue weighted by Crippen LogP contribution is -2.51. The summed E-state index contributed by atoms with van der Waals surface area (Å²) in [4.78, 5) is 13.6. The molecule has 4 rings (SSSR count). The molecule has 38 heavy (non-hydrogen) atoms. The lowest BCUT2D eigenvalue weighted by Gasteiger charge is -2.35. The SMILES string of the molecule is CC(/C=C\S(C)=O)NC(=O)C1(F)CCN(Sc2ccc(Cl)cc2-c2cccc(Oc3ccccc3)c2)CC1. The lowest BCUT2D eigenvalue weighted by molar-refractivity contribution is -0.135. The van der Waals surface area contributed by atoms with Crippen molar-refractivity contribution in [1.82, 2.24) is 9.62 Å². The maximum atomic E-state index is 15.5. The predicted octanol–water partition coefficient (Wildman–Crippen LogP) is 7.01. The number of carbonyl (C=O) groups excluding carboxylic acids is 1. The van der Waals surface area contributed by atoms with Crippen molar-refractivity contribution in [2.24, 2.45) is 0 Å². The molecule has 0 aromatic heterocycles. The van der Waals surface area contributed by atoms with E-state index in [2.05, 4.69) is 9.62 Å². The van der Waals surface area contributed by atoms with E-state index in [4.69, 9.17) is 16.3 Å². The fraction of sp³-hybridized carbons (Fsp3) is 0.276. The summed E-state index contributed by atoms with van der Waals surface area (Å²) >= 11 is 7.90. The highest BCUT2D eigenvalue weighted by Gasteiger charge is 2.42. The third-order valence-electron chi connectivity index (χ3n) is 6.13. The molecule has 3 aromatic carbocycles. The normalized spacial score (nSPS) is 17.2. The van der Waals surface area contributed by atoms with E-state index in [0.717, 1.165) is 21.8 Å². The standard InChI is InChI=1S/C29H30ClFN2O3S2/c1-21(13-18-38(2)35)32-28(34)29(31)14-16-33(17-15-29)37-27-12-11-23(30)20-26(27)22-7-6-10-25(19-22)36-24-8-4-3-5-9-24/h3-13,18-21H,14-17H2,1-2H3,(H,32,34)/b18-13-. The van der Waals surface area contributed by atoms with Crippen molar-refractivity contribution in [2.75, 3.05) is 19.3 Å². The Kier molecular flexibility index (Phi) is 9.65. The minimum absolute atomic E-state index is 0.0886. The molecule has 0 radical (unpaired) electrons. The van der Waals surface area contributed by atoms with E-state index in [0.29, 0.717) is 23.9 Å². The Hall–Kier alpha value is -2.65. The van der Waals surface area contributed by atoms with Gasteiger partial charge in [-0.15, -0.1) is 0 Å². The molecule has 3 aromatic rings. The van der Waals surface area contributed by atoms with E-state index in [1.54, 1.807) is 13.0 Å². The van der Waals surface area contributed by atoms with Crippen LogP contribution in [-0.4, -0.2) is 45.5 Å². The summed E-state index contributed by atoms with van der Waals surface area (Å²) in [6, 6.07) is 22.7. The van der Waals surface area contributed by atoms with Crippen LogP contribution in [0.4, 0.5) is 4.39 Å². The van der Waals surface area contributed by atoms with Crippen LogP contribution in [0.25, 0.3) is 11.1 Å². The van der Waals surface area contributed by atoms with E-state index in [9.17, 15) is 9.00 Å². The summed E-state index contributed by atoms with van der Waals surface area (Å²) in [5.41, 5.74) is -0.0318. The first kappa shape index (κ1) is 28.4. The van der Waals surface area contributed by atoms with E-state index >= 15 is 4.39 Å². The van der Waals surface area contributed by atoms with Gasteiger partial charge in [-0.1, -0.05) is 48.0 Å². The van der Waals surface area contributed by atoms with Crippen LogP contribution in [0.15, 0.2) is 89.2 Å². The van der Waals surface area contributed by atoms with Gasteiger partial charge in [-0.3, -0.25) is 9.00 Å². The van der Waals surface area contributed by atoms with Crippen molar-refractivity contribution in [3.8, 4) is 22.6 Å². The van der Waals surface area contributed by atoms with Crippen LogP contribution in [0, 0.1) is 0 Å². The molecule has 1 amide bonds. The van der Waals surface area contributed by atoms with Gasteiger partial charge >= 0.3 is 0 Å². The molecule has 0 spiro atoms. The molecule has 1 saturated heterocycles. The highest BCUT2D eigenvalue weighted by molar-refractivity contribution is 7.97. The number of benzene rings is 3. The average Bonchev–Trinajstić information content (AvgIpc) is 2.90.